The van der Waals surface area contributed by atoms with Crippen LogP contribution in [0.1, 0.15) is 37.0 Å². The molecular weight excluding hydrogens is 242 g/mol. The average molecular weight is 259 g/mol. The molecular formula is C13H17N5O. The van der Waals surface area contributed by atoms with Gasteiger partial charge in [0.1, 0.15) is 0 Å². The number of rotatable bonds is 1. The Hall–Kier alpha value is -1.98. The van der Waals surface area contributed by atoms with Crippen molar-refractivity contribution >= 4 is 11.6 Å². The van der Waals surface area contributed by atoms with Crippen LogP contribution in [0.15, 0.2) is 18.3 Å². The summed E-state index contributed by atoms with van der Waals surface area (Å²) in [4.78, 5) is 14.5. The maximum atomic E-state index is 12.5. The number of fused-ring (bicyclic) bond motifs is 1. The Bertz CT molecular complexity index is 608. The summed E-state index contributed by atoms with van der Waals surface area (Å²) < 4.78 is 1.53. The van der Waals surface area contributed by atoms with Crippen LogP contribution in [0, 0.1) is 5.92 Å². The second kappa shape index (κ2) is 4.60. The zero-order chi connectivity index (χ0) is 13.4. The number of carbonyl (C=O) groups is 1. The number of pyridine rings is 1. The third-order valence-corrected chi connectivity index (χ3v) is 3.84. The van der Waals surface area contributed by atoms with Crippen LogP contribution in [0.5, 0.6) is 0 Å². The summed E-state index contributed by atoms with van der Waals surface area (Å²) in [6, 6.07) is 3.85. The summed E-state index contributed by atoms with van der Waals surface area (Å²) in [5.74, 6) is 0.762. The molecule has 0 N–H and O–H groups in total. The van der Waals surface area contributed by atoms with E-state index in [2.05, 4.69) is 29.4 Å². The fourth-order valence-electron chi connectivity index (χ4n) is 2.74. The molecule has 3 heterocycles. The van der Waals surface area contributed by atoms with Gasteiger partial charge in [-0.3, -0.25) is 4.79 Å². The first-order chi connectivity index (χ1) is 9.15. The summed E-state index contributed by atoms with van der Waals surface area (Å²) in [6.07, 6.45) is 3.84. The highest BCUT2D eigenvalue weighted by molar-refractivity contribution is 5.94. The van der Waals surface area contributed by atoms with Gasteiger partial charge >= 0.3 is 0 Å². The molecule has 1 aliphatic heterocycles. The van der Waals surface area contributed by atoms with Gasteiger partial charge in [-0.1, -0.05) is 6.92 Å². The van der Waals surface area contributed by atoms with Gasteiger partial charge in [-0.05, 0) is 48.2 Å². The first kappa shape index (κ1) is 12.1. The van der Waals surface area contributed by atoms with Gasteiger partial charge in [0.25, 0.3) is 5.91 Å². The van der Waals surface area contributed by atoms with Crippen LogP contribution in [0.4, 0.5) is 0 Å². The van der Waals surface area contributed by atoms with Crippen molar-refractivity contribution in [3.05, 3.63) is 23.9 Å². The van der Waals surface area contributed by atoms with E-state index in [4.69, 9.17) is 0 Å². The number of carbonyl (C=O) groups excluding carboxylic acids is 1. The molecule has 100 valence electrons. The molecule has 6 heteroatoms. The van der Waals surface area contributed by atoms with Crippen LogP contribution in [-0.4, -0.2) is 43.4 Å². The average Bonchev–Trinajstić information content (AvgIpc) is 2.85. The Balaban J connectivity index is 1.86. The van der Waals surface area contributed by atoms with E-state index in [0.717, 1.165) is 19.4 Å². The molecule has 2 atom stereocenters. The highest BCUT2D eigenvalue weighted by atomic mass is 16.2. The Kier molecular flexibility index (Phi) is 2.93. The van der Waals surface area contributed by atoms with Crippen LogP contribution in [0.3, 0.4) is 0 Å². The van der Waals surface area contributed by atoms with Crippen molar-refractivity contribution in [3.63, 3.8) is 0 Å². The van der Waals surface area contributed by atoms with E-state index in [0.29, 0.717) is 23.2 Å². The summed E-state index contributed by atoms with van der Waals surface area (Å²) in [6.45, 7) is 5.18. The fourth-order valence-corrected chi connectivity index (χ4v) is 2.74. The van der Waals surface area contributed by atoms with Gasteiger partial charge in [0, 0.05) is 18.8 Å². The van der Waals surface area contributed by atoms with Gasteiger partial charge in [0.15, 0.2) is 5.65 Å². The van der Waals surface area contributed by atoms with Crippen LogP contribution in [0.25, 0.3) is 5.65 Å². The smallest absolute Gasteiger partial charge is 0.255 e. The third-order valence-electron chi connectivity index (χ3n) is 3.84. The summed E-state index contributed by atoms with van der Waals surface area (Å²) >= 11 is 0. The molecule has 1 fully saturated rings. The van der Waals surface area contributed by atoms with Crippen molar-refractivity contribution in [2.75, 3.05) is 6.54 Å². The first-order valence-corrected chi connectivity index (χ1v) is 6.64. The molecule has 0 aliphatic carbocycles. The first-order valence-electron chi connectivity index (χ1n) is 6.64. The number of hydrogen-bond donors (Lipinski definition) is 0. The van der Waals surface area contributed by atoms with E-state index in [1.807, 2.05) is 4.90 Å². The van der Waals surface area contributed by atoms with E-state index < -0.39 is 0 Å². The second-order valence-corrected chi connectivity index (χ2v) is 5.38. The van der Waals surface area contributed by atoms with Crippen molar-refractivity contribution in [1.82, 2.24) is 24.9 Å². The summed E-state index contributed by atoms with van der Waals surface area (Å²) in [7, 11) is 0. The van der Waals surface area contributed by atoms with Crippen LogP contribution < -0.4 is 0 Å². The van der Waals surface area contributed by atoms with Crippen molar-refractivity contribution in [3.8, 4) is 0 Å². The Labute approximate surface area is 111 Å². The Morgan fingerprint density at radius 3 is 3.00 bits per heavy atom. The maximum absolute atomic E-state index is 12.5. The van der Waals surface area contributed by atoms with E-state index in [1.165, 1.54) is 4.52 Å². The third kappa shape index (κ3) is 2.18. The summed E-state index contributed by atoms with van der Waals surface area (Å²) in [5, 5.41) is 11.2. The van der Waals surface area contributed by atoms with E-state index in [1.54, 1.807) is 18.3 Å². The zero-order valence-corrected chi connectivity index (χ0v) is 11.2. The molecule has 0 bridgehead atoms. The van der Waals surface area contributed by atoms with Crippen molar-refractivity contribution in [2.45, 2.75) is 32.7 Å². The zero-order valence-electron chi connectivity index (χ0n) is 11.2. The van der Waals surface area contributed by atoms with Crippen LogP contribution >= 0.6 is 0 Å². The molecule has 2 aromatic heterocycles. The Morgan fingerprint density at radius 1 is 1.37 bits per heavy atom. The van der Waals surface area contributed by atoms with Gasteiger partial charge in [0.05, 0.1) is 5.56 Å². The van der Waals surface area contributed by atoms with E-state index >= 15 is 0 Å². The van der Waals surface area contributed by atoms with Gasteiger partial charge in [-0.15, -0.1) is 5.10 Å². The molecule has 0 unspecified atom stereocenters. The molecule has 0 spiro atoms. The van der Waals surface area contributed by atoms with Crippen molar-refractivity contribution in [1.29, 1.82) is 0 Å². The Morgan fingerprint density at radius 2 is 2.21 bits per heavy atom. The minimum Gasteiger partial charge on any atom is -0.336 e. The SMILES string of the molecule is C[C@H]1CCN(C(=O)c2ccc3nnnn3c2)[C@H](C)C1. The maximum Gasteiger partial charge on any atom is 0.255 e. The fraction of sp³-hybridized carbons (Fsp3) is 0.538. The molecule has 1 saturated heterocycles. The standard InChI is InChI=1S/C13H17N5O/c1-9-5-6-17(10(2)7-9)13(19)11-3-4-12-14-15-16-18(12)8-11/h3-4,8-10H,5-7H2,1-2H3/t9-,10+/m0/s1. The molecule has 1 amide bonds. The minimum absolute atomic E-state index is 0.0665. The molecule has 1 aliphatic rings. The molecule has 0 radical (unpaired) electrons. The molecule has 0 saturated carbocycles. The van der Waals surface area contributed by atoms with Crippen LogP contribution in [-0.2, 0) is 0 Å². The number of likely N-dealkylation sites (tertiary alicyclic amines) is 1. The predicted octanol–water partition coefficient (Wildman–Crippen LogP) is 1.38. The lowest BCUT2D eigenvalue weighted by molar-refractivity contribution is 0.0588. The predicted molar refractivity (Wildman–Crippen MR) is 69.7 cm³/mol. The van der Waals surface area contributed by atoms with Crippen molar-refractivity contribution < 1.29 is 4.79 Å². The molecule has 6 nitrogen and oxygen atoms in total. The van der Waals surface area contributed by atoms with E-state index in [9.17, 15) is 4.79 Å². The largest absolute Gasteiger partial charge is 0.336 e. The second-order valence-electron chi connectivity index (χ2n) is 5.38. The highest BCUT2D eigenvalue weighted by Crippen LogP contribution is 2.23. The lowest BCUT2D eigenvalue weighted by Crippen LogP contribution is -2.44. The highest BCUT2D eigenvalue weighted by Gasteiger charge is 2.27. The molecule has 3 rings (SSSR count). The number of tetrazole rings is 1. The number of aromatic nitrogens is 4. The van der Waals surface area contributed by atoms with Gasteiger partial charge in [-0.2, -0.15) is 4.52 Å². The topological polar surface area (TPSA) is 63.4 Å². The number of piperidine rings is 1. The van der Waals surface area contributed by atoms with Crippen molar-refractivity contribution in [2.24, 2.45) is 5.92 Å². The number of hydrogen-bond acceptors (Lipinski definition) is 4. The van der Waals surface area contributed by atoms with E-state index in [-0.39, 0.29) is 5.91 Å². The lowest BCUT2D eigenvalue weighted by Gasteiger charge is -2.36. The van der Waals surface area contributed by atoms with Gasteiger partial charge < -0.3 is 4.90 Å². The summed E-state index contributed by atoms with van der Waals surface area (Å²) in [5.41, 5.74) is 1.29. The minimum atomic E-state index is 0.0665. The molecule has 19 heavy (non-hydrogen) atoms. The molecule has 2 aromatic rings. The normalized spacial score (nSPS) is 23.8. The van der Waals surface area contributed by atoms with Gasteiger partial charge in [0.2, 0.25) is 0 Å². The van der Waals surface area contributed by atoms with Crippen LogP contribution in [0.2, 0.25) is 0 Å². The number of nitrogens with zero attached hydrogens (tertiary/aromatic N) is 5. The lowest BCUT2D eigenvalue weighted by atomic mass is 9.93. The molecule has 0 aromatic carbocycles. The number of amides is 1. The quantitative estimate of drug-likeness (QED) is 0.776. The monoisotopic (exact) mass is 259 g/mol. The van der Waals surface area contributed by atoms with Gasteiger partial charge in [-0.25, -0.2) is 0 Å².